The van der Waals surface area contributed by atoms with Gasteiger partial charge in [-0.2, -0.15) is 0 Å². The lowest BCUT2D eigenvalue weighted by molar-refractivity contribution is -0.125. The molecule has 2 unspecified atom stereocenters. The van der Waals surface area contributed by atoms with Crippen LogP contribution in [0.2, 0.25) is 5.02 Å². The molecule has 2 atom stereocenters. The molecule has 1 aliphatic heterocycles. The number of likely N-dealkylation sites (tertiary alicyclic amines) is 1. The molecule has 0 bridgehead atoms. The third-order valence-electron chi connectivity index (χ3n) is 4.67. The van der Waals surface area contributed by atoms with Crippen LogP contribution in [0.4, 0.5) is 4.39 Å². The summed E-state index contributed by atoms with van der Waals surface area (Å²) in [6.07, 6.45) is -0.655. The normalized spacial score (nSPS) is 21.8. The number of carbonyl (C=O) groups excluding carboxylic acids is 1. The Morgan fingerprint density at radius 2 is 2.21 bits per heavy atom. The molecule has 2 aromatic rings. The lowest BCUT2D eigenvalue weighted by Gasteiger charge is -2.17. The summed E-state index contributed by atoms with van der Waals surface area (Å²) < 4.78 is 13.4. The van der Waals surface area contributed by atoms with Crippen LogP contribution < -0.4 is 5.32 Å². The first-order valence-corrected chi connectivity index (χ1v) is 8.66. The van der Waals surface area contributed by atoms with Gasteiger partial charge in [0.1, 0.15) is 6.17 Å². The SMILES string of the molecule is CC(C)c1cc2[nH]c(CNC(=O)C3CC(F)CN3C)cc2cc1Cl. The van der Waals surface area contributed by atoms with Crippen molar-refractivity contribution in [2.24, 2.45) is 0 Å². The minimum atomic E-state index is -0.921. The first-order chi connectivity index (χ1) is 11.3. The number of aromatic amines is 1. The predicted molar refractivity (Wildman–Crippen MR) is 95.2 cm³/mol. The number of carbonyl (C=O) groups is 1. The quantitative estimate of drug-likeness (QED) is 0.884. The van der Waals surface area contributed by atoms with Crippen LogP contribution in [0.5, 0.6) is 0 Å². The maximum Gasteiger partial charge on any atom is 0.237 e. The van der Waals surface area contributed by atoms with Gasteiger partial charge in [0.15, 0.2) is 0 Å². The number of amides is 1. The van der Waals surface area contributed by atoms with Gasteiger partial charge in [0.2, 0.25) is 5.91 Å². The van der Waals surface area contributed by atoms with E-state index in [9.17, 15) is 9.18 Å². The Morgan fingerprint density at radius 3 is 2.83 bits per heavy atom. The minimum absolute atomic E-state index is 0.128. The van der Waals surface area contributed by atoms with E-state index in [2.05, 4.69) is 30.2 Å². The predicted octanol–water partition coefficient (Wildman–Crippen LogP) is 3.60. The number of hydrogen-bond donors (Lipinski definition) is 2. The van der Waals surface area contributed by atoms with Crippen LogP contribution in [0.1, 0.15) is 37.4 Å². The standard InChI is InChI=1S/C18H23ClFN3O/c1-10(2)14-7-16-11(5-15(14)19)4-13(22-16)8-21-18(24)17-6-12(20)9-23(17)3/h4-5,7,10,12,17,22H,6,8-9H2,1-3H3,(H,21,24). The van der Waals surface area contributed by atoms with Gasteiger partial charge in [0.25, 0.3) is 0 Å². The topological polar surface area (TPSA) is 48.1 Å². The van der Waals surface area contributed by atoms with Crippen molar-refractivity contribution in [2.45, 2.75) is 44.9 Å². The third-order valence-corrected chi connectivity index (χ3v) is 5.00. The van der Waals surface area contributed by atoms with Gasteiger partial charge in [-0.25, -0.2) is 4.39 Å². The van der Waals surface area contributed by atoms with E-state index >= 15 is 0 Å². The van der Waals surface area contributed by atoms with Crippen LogP contribution in [-0.2, 0) is 11.3 Å². The Bertz CT molecular complexity index is 758. The van der Waals surface area contributed by atoms with Crippen molar-refractivity contribution in [1.29, 1.82) is 0 Å². The average molecular weight is 352 g/mol. The van der Waals surface area contributed by atoms with Gasteiger partial charge >= 0.3 is 0 Å². The Balaban J connectivity index is 1.70. The zero-order valence-corrected chi connectivity index (χ0v) is 15.0. The number of rotatable bonds is 4. The van der Waals surface area contributed by atoms with E-state index in [0.717, 1.165) is 27.2 Å². The van der Waals surface area contributed by atoms with Gasteiger partial charge in [-0.1, -0.05) is 25.4 Å². The van der Waals surface area contributed by atoms with Crippen LogP contribution in [0, 0.1) is 0 Å². The molecule has 0 saturated carbocycles. The number of nitrogens with one attached hydrogen (secondary N) is 2. The van der Waals surface area contributed by atoms with E-state index in [4.69, 9.17) is 11.6 Å². The van der Waals surface area contributed by atoms with Gasteiger partial charge in [-0.05, 0) is 36.7 Å². The molecule has 0 radical (unpaired) electrons. The number of H-pyrrole nitrogens is 1. The summed E-state index contributed by atoms with van der Waals surface area (Å²) in [4.78, 5) is 17.3. The van der Waals surface area contributed by atoms with Crippen molar-refractivity contribution in [1.82, 2.24) is 15.2 Å². The molecule has 1 aliphatic rings. The van der Waals surface area contributed by atoms with E-state index in [1.165, 1.54) is 0 Å². The Morgan fingerprint density at radius 1 is 1.46 bits per heavy atom. The summed E-state index contributed by atoms with van der Waals surface area (Å²) in [5.74, 6) is 0.220. The molecule has 2 N–H and O–H groups in total. The third kappa shape index (κ3) is 3.42. The van der Waals surface area contributed by atoms with E-state index in [1.54, 1.807) is 11.9 Å². The van der Waals surface area contributed by atoms with Gasteiger partial charge < -0.3 is 10.3 Å². The first-order valence-electron chi connectivity index (χ1n) is 8.28. The highest BCUT2D eigenvalue weighted by Crippen LogP contribution is 2.29. The molecule has 3 rings (SSSR count). The summed E-state index contributed by atoms with van der Waals surface area (Å²) in [7, 11) is 1.78. The number of halogens is 2. The molecule has 6 heteroatoms. The molecule has 1 aromatic carbocycles. The van der Waals surface area contributed by atoms with Gasteiger partial charge in [-0.3, -0.25) is 9.69 Å². The van der Waals surface area contributed by atoms with Crippen LogP contribution in [-0.4, -0.2) is 41.6 Å². The number of aromatic nitrogens is 1. The van der Waals surface area contributed by atoms with E-state index < -0.39 is 6.17 Å². The first kappa shape index (κ1) is 17.2. The number of benzene rings is 1. The second-order valence-corrected chi connectivity index (χ2v) is 7.32. The van der Waals surface area contributed by atoms with Crippen LogP contribution in [0.15, 0.2) is 18.2 Å². The van der Waals surface area contributed by atoms with Crippen molar-refractivity contribution in [3.05, 3.63) is 34.5 Å². The largest absolute Gasteiger partial charge is 0.357 e. The summed E-state index contributed by atoms with van der Waals surface area (Å²) in [5, 5.41) is 4.67. The molecule has 0 aliphatic carbocycles. The highest BCUT2D eigenvalue weighted by atomic mass is 35.5. The fourth-order valence-corrected chi connectivity index (χ4v) is 3.70. The fraction of sp³-hybridized carbons (Fsp3) is 0.500. The van der Waals surface area contributed by atoms with Crippen molar-refractivity contribution in [3.8, 4) is 0 Å². The number of nitrogens with zero attached hydrogens (tertiary/aromatic N) is 1. The Kier molecular flexibility index (Phi) is 4.83. The molecule has 1 fully saturated rings. The summed E-state index contributed by atoms with van der Waals surface area (Å²) in [5.41, 5.74) is 3.02. The van der Waals surface area contributed by atoms with Gasteiger partial charge in [0, 0.05) is 34.6 Å². The highest BCUT2D eigenvalue weighted by Gasteiger charge is 2.34. The van der Waals surface area contributed by atoms with Crippen molar-refractivity contribution < 1.29 is 9.18 Å². The summed E-state index contributed by atoms with van der Waals surface area (Å²) in [6, 6.07) is 5.62. The molecule has 24 heavy (non-hydrogen) atoms. The smallest absolute Gasteiger partial charge is 0.237 e. The van der Waals surface area contributed by atoms with E-state index in [0.29, 0.717) is 19.0 Å². The Labute approximate surface area is 146 Å². The summed E-state index contributed by atoms with van der Waals surface area (Å²) in [6.45, 7) is 4.92. The number of hydrogen-bond acceptors (Lipinski definition) is 2. The monoisotopic (exact) mass is 351 g/mol. The molecule has 1 aromatic heterocycles. The molecular weight excluding hydrogens is 329 g/mol. The molecule has 2 heterocycles. The molecule has 1 amide bonds. The zero-order chi connectivity index (χ0) is 17.4. The second-order valence-electron chi connectivity index (χ2n) is 6.92. The number of likely N-dealkylation sites (N-methyl/N-ethyl adjacent to an activating group) is 1. The fourth-order valence-electron chi connectivity index (χ4n) is 3.31. The van der Waals surface area contributed by atoms with Crippen LogP contribution >= 0.6 is 11.6 Å². The second kappa shape index (κ2) is 6.73. The molecule has 0 spiro atoms. The van der Waals surface area contributed by atoms with E-state index in [1.807, 2.05) is 12.1 Å². The maximum absolute atomic E-state index is 13.4. The lowest BCUT2D eigenvalue weighted by Crippen LogP contribution is -2.41. The molecule has 1 saturated heterocycles. The van der Waals surface area contributed by atoms with Crippen molar-refractivity contribution in [2.75, 3.05) is 13.6 Å². The summed E-state index contributed by atoms with van der Waals surface area (Å²) >= 11 is 6.33. The molecule has 130 valence electrons. The zero-order valence-electron chi connectivity index (χ0n) is 14.2. The van der Waals surface area contributed by atoms with Crippen molar-refractivity contribution >= 4 is 28.4 Å². The lowest BCUT2D eigenvalue weighted by atomic mass is 10.0. The minimum Gasteiger partial charge on any atom is -0.357 e. The van der Waals surface area contributed by atoms with Gasteiger partial charge in [-0.15, -0.1) is 0 Å². The van der Waals surface area contributed by atoms with Crippen LogP contribution in [0.25, 0.3) is 10.9 Å². The molecule has 4 nitrogen and oxygen atoms in total. The molecular formula is C18H23ClFN3O. The maximum atomic E-state index is 13.4. The van der Waals surface area contributed by atoms with Crippen LogP contribution in [0.3, 0.4) is 0 Å². The van der Waals surface area contributed by atoms with Crippen molar-refractivity contribution in [3.63, 3.8) is 0 Å². The highest BCUT2D eigenvalue weighted by molar-refractivity contribution is 6.32. The Hall–Kier alpha value is -1.59. The average Bonchev–Trinajstić information content (AvgIpc) is 3.05. The number of alkyl halides is 1. The number of fused-ring (bicyclic) bond motifs is 1. The van der Waals surface area contributed by atoms with Gasteiger partial charge in [0.05, 0.1) is 12.6 Å². The van der Waals surface area contributed by atoms with E-state index in [-0.39, 0.29) is 18.4 Å².